The van der Waals surface area contributed by atoms with Crippen LogP contribution in [0.2, 0.25) is 0 Å². The molecule has 0 radical (unpaired) electrons. The lowest BCUT2D eigenvalue weighted by atomic mass is 10.0. The van der Waals surface area contributed by atoms with Gasteiger partial charge in [0.1, 0.15) is 6.10 Å². The number of carbonyl (C=O) groups is 1. The fourth-order valence-electron chi connectivity index (χ4n) is 5.40. The van der Waals surface area contributed by atoms with Crippen molar-refractivity contribution in [2.45, 2.75) is 193 Å². The molecule has 0 fully saturated rings. The first kappa shape index (κ1) is 41.6. The van der Waals surface area contributed by atoms with Crippen molar-refractivity contribution < 1.29 is 20.1 Å². The number of hydrogen-bond donors (Lipinski definition) is 4. The third-order valence-corrected chi connectivity index (χ3v) is 8.31. The lowest BCUT2D eigenvalue weighted by molar-refractivity contribution is -0.131. The van der Waals surface area contributed by atoms with E-state index in [9.17, 15) is 20.1 Å². The van der Waals surface area contributed by atoms with Gasteiger partial charge in [0.25, 0.3) is 0 Å². The third-order valence-electron chi connectivity index (χ3n) is 8.31. The molecule has 0 aromatic carbocycles. The molecule has 0 aliphatic carbocycles. The van der Waals surface area contributed by atoms with Crippen molar-refractivity contribution in [3.63, 3.8) is 0 Å². The molecule has 0 rings (SSSR count). The van der Waals surface area contributed by atoms with E-state index < -0.39 is 24.2 Å². The molecule has 43 heavy (non-hydrogen) atoms. The van der Waals surface area contributed by atoms with Crippen LogP contribution in [-0.4, -0.2) is 46.1 Å². The van der Waals surface area contributed by atoms with Gasteiger partial charge in [-0.25, -0.2) is 0 Å². The van der Waals surface area contributed by atoms with E-state index >= 15 is 0 Å². The van der Waals surface area contributed by atoms with E-state index in [-0.39, 0.29) is 6.61 Å². The average Bonchev–Trinajstić information content (AvgIpc) is 3.01. The smallest absolute Gasteiger partial charge is 0.249 e. The van der Waals surface area contributed by atoms with Crippen molar-refractivity contribution >= 4 is 5.91 Å². The summed E-state index contributed by atoms with van der Waals surface area (Å²) in [6, 6.07) is -0.815. The maximum Gasteiger partial charge on any atom is 0.249 e. The first-order chi connectivity index (χ1) is 21.1. The van der Waals surface area contributed by atoms with Gasteiger partial charge in [-0.2, -0.15) is 0 Å². The highest BCUT2D eigenvalue weighted by Gasteiger charge is 2.22. The van der Waals surface area contributed by atoms with E-state index in [1.807, 2.05) is 13.0 Å². The van der Waals surface area contributed by atoms with Crippen LogP contribution in [0.3, 0.4) is 0 Å². The quantitative estimate of drug-likeness (QED) is 0.0454. The number of amides is 1. The number of aliphatic hydroxyl groups excluding tert-OH is 3. The van der Waals surface area contributed by atoms with Crippen molar-refractivity contribution in [2.24, 2.45) is 0 Å². The predicted molar refractivity (Wildman–Crippen MR) is 185 cm³/mol. The Morgan fingerprint density at radius 1 is 0.605 bits per heavy atom. The first-order valence-electron chi connectivity index (χ1n) is 18.3. The Morgan fingerprint density at radius 3 is 1.42 bits per heavy atom. The Balaban J connectivity index is 3.66. The third kappa shape index (κ3) is 29.1. The van der Waals surface area contributed by atoms with Gasteiger partial charge >= 0.3 is 0 Å². The molecule has 3 atom stereocenters. The topological polar surface area (TPSA) is 89.8 Å². The highest BCUT2D eigenvalue weighted by molar-refractivity contribution is 5.80. The fraction of sp³-hybridized carbons (Fsp3) is 0.816. The Kier molecular flexibility index (Phi) is 32.3. The molecule has 0 saturated heterocycles. The lowest BCUT2D eigenvalue weighted by Gasteiger charge is -2.21. The highest BCUT2D eigenvalue weighted by atomic mass is 16.3. The predicted octanol–water partition coefficient (Wildman–Crippen LogP) is 9.65. The van der Waals surface area contributed by atoms with E-state index in [2.05, 4.69) is 36.5 Å². The molecule has 0 saturated carbocycles. The summed E-state index contributed by atoms with van der Waals surface area (Å²) in [6.07, 6.45) is 40.5. The van der Waals surface area contributed by atoms with E-state index in [1.54, 1.807) is 6.08 Å². The Morgan fingerprint density at radius 2 is 1.00 bits per heavy atom. The summed E-state index contributed by atoms with van der Waals surface area (Å²) in [5.74, 6) is -0.520. The molecule has 0 spiro atoms. The maximum atomic E-state index is 12.4. The Bertz CT molecular complexity index is 675. The summed E-state index contributed by atoms with van der Waals surface area (Å²) in [5, 5.41) is 32.8. The molecule has 0 aromatic rings. The number of nitrogens with one attached hydrogen (secondary N) is 1. The van der Waals surface area contributed by atoms with Gasteiger partial charge in [-0.1, -0.05) is 172 Å². The van der Waals surface area contributed by atoms with Crippen LogP contribution in [-0.2, 0) is 4.79 Å². The minimum Gasteiger partial charge on any atom is -0.394 e. The molecule has 3 unspecified atom stereocenters. The molecule has 5 heteroatoms. The van der Waals surface area contributed by atoms with Gasteiger partial charge in [0.2, 0.25) is 5.91 Å². The van der Waals surface area contributed by atoms with Crippen molar-refractivity contribution in [3.05, 3.63) is 36.5 Å². The molecule has 0 aliphatic rings. The summed E-state index contributed by atoms with van der Waals surface area (Å²) >= 11 is 0. The molecular formula is C38H71NO4. The molecule has 0 aromatic heterocycles. The molecule has 5 nitrogen and oxygen atoms in total. The van der Waals surface area contributed by atoms with Crippen LogP contribution in [0, 0.1) is 0 Å². The minimum absolute atomic E-state index is 0.381. The van der Waals surface area contributed by atoms with E-state index in [4.69, 9.17) is 0 Å². The van der Waals surface area contributed by atoms with Crippen LogP contribution in [0.1, 0.15) is 174 Å². The van der Waals surface area contributed by atoms with E-state index in [0.29, 0.717) is 6.42 Å². The molecule has 1 amide bonds. The van der Waals surface area contributed by atoms with Crippen LogP contribution in [0.4, 0.5) is 0 Å². The van der Waals surface area contributed by atoms with Gasteiger partial charge in [0.15, 0.2) is 0 Å². The van der Waals surface area contributed by atoms with Crippen molar-refractivity contribution in [2.75, 3.05) is 6.61 Å². The summed E-state index contributed by atoms with van der Waals surface area (Å²) in [7, 11) is 0. The average molecular weight is 606 g/mol. The molecule has 0 bridgehead atoms. The zero-order valence-corrected chi connectivity index (χ0v) is 28.3. The normalized spacial score (nSPS) is 14.3. The Labute approximate surface area is 266 Å². The number of hydrogen-bond acceptors (Lipinski definition) is 4. The van der Waals surface area contributed by atoms with Gasteiger partial charge in [0.05, 0.1) is 18.8 Å². The van der Waals surface area contributed by atoms with E-state index in [1.165, 1.54) is 109 Å². The van der Waals surface area contributed by atoms with Crippen molar-refractivity contribution in [1.82, 2.24) is 5.32 Å². The lowest BCUT2D eigenvalue weighted by Crippen LogP contribution is -2.48. The first-order valence-corrected chi connectivity index (χ1v) is 18.3. The number of unbranched alkanes of at least 4 members (excludes halogenated alkanes) is 21. The molecule has 252 valence electrons. The van der Waals surface area contributed by atoms with Crippen LogP contribution >= 0.6 is 0 Å². The second kappa shape index (κ2) is 33.5. The van der Waals surface area contributed by atoms with E-state index in [0.717, 1.165) is 44.9 Å². The van der Waals surface area contributed by atoms with Crippen LogP contribution in [0.15, 0.2) is 36.5 Å². The second-order valence-corrected chi connectivity index (χ2v) is 12.4. The largest absolute Gasteiger partial charge is 0.394 e. The molecule has 4 N–H and O–H groups in total. The van der Waals surface area contributed by atoms with Gasteiger partial charge < -0.3 is 20.6 Å². The number of aliphatic hydroxyl groups is 3. The van der Waals surface area contributed by atoms with Gasteiger partial charge in [-0.05, 0) is 39.0 Å². The monoisotopic (exact) mass is 606 g/mol. The number of rotatable bonds is 32. The van der Waals surface area contributed by atoms with Crippen molar-refractivity contribution in [1.29, 1.82) is 0 Å². The second-order valence-electron chi connectivity index (χ2n) is 12.4. The van der Waals surface area contributed by atoms with Crippen LogP contribution in [0.5, 0.6) is 0 Å². The SMILES string of the molecule is C/C=C/CC/C=C/CC/C=C/C(O)C(CO)NC(=O)C(O)CCCCCCCCCCCCCCCCCCCCCC. The molecule has 0 aliphatic heterocycles. The summed E-state index contributed by atoms with van der Waals surface area (Å²) < 4.78 is 0. The molecular weight excluding hydrogens is 534 g/mol. The summed E-state index contributed by atoms with van der Waals surface area (Å²) in [6.45, 7) is 3.92. The van der Waals surface area contributed by atoms with Crippen LogP contribution in [0.25, 0.3) is 0 Å². The van der Waals surface area contributed by atoms with Gasteiger partial charge in [0, 0.05) is 0 Å². The summed E-state index contributed by atoms with van der Waals surface area (Å²) in [5.41, 5.74) is 0. The van der Waals surface area contributed by atoms with Crippen LogP contribution < -0.4 is 5.32 Å². The standard InChI is InChI=1S/C38H71NO4/c1-3-5-7-9-11-13-14-15-16-17-18-19-20-21-22-23-25-27-29-31-33-37(42)38(43)39-35(34-40)36(41)32-30-28-26-24-12-10-8-6-4-2/h4,6,12,24,30,32,35-37,40-42H,3,5,7-11,13-23,25-29,31,33-34H2,1-2H3,(H,39,43)/b6-4+,24-12+,32-30+. The van der Waals surface area contributed by atoms with Gasteiger partial charge in [-0.15, -0.1) is 0 Å². The van der Waals surface area contributed by atoms with Gasteiger partial charge in [-0.3, -0.25) is 4.79 Å². The highest BCUT2D eigenvalue weighted by Crippen LogP contribution is 2.15. The summed E-state index contributed by atoms with van der Waals surface area (Å²) in [4.78, 5) is 12.4. The maximum absolute atomic E-state index is 12.4. The fourth-order valence-corrected chi connectivity index (χ4v) is 5.40. The number of carbonyl (C=O) groups excluding carboxylic acids is 1. The zero-order valence-electron chi connectivity index (χ0n) is 28.3. The Hall–Kier alpha value is -1.43. The number of allylic oxidation sites excluding steroid dienone is 5. The minimum atomic E-state index is -1.10. The molecule has 0 heterocycles. The zero-order chi connectivity index (χ0) is 31.6. The van der Waals surface area contributed by atoms with Crippen molar-refractivity contribution in [3.8, 4) is 0 Å².